The van der Waals surface area contributed by atoms with Gasteiger partial charge in [-0.25, -0.2) is 0 Å². The minimum Gasteiger partial charge on any atom is -0.506 e. The van der Waals surface area contributed by atoms with Gasteiger partial charge in [0.2, 0.25) is 0 Å². The van der Waals surface area contributed by atoms with Gasteiger partial charge in [-0.15, -0.1) is 0 Å². The van der Waals surface area contributed by atoms with Crippen LogP contribution in [-0.2, 0) is 6.42 Å². The van der Waals surface area contributed by atoms with Crippen LogP contribution in [0.3, 0.4) is 0 Å². The van der Waals surface area contributed by atoms with Crippen LogP contribution in [0, 0.1) is 0 Å². The highest BCUT2D eigenvalue weighted by Gasteiger charge is 2.05. The lowest BCUT2D eigenvalue weighted by Crippen LogP contribution is -2.17. The van der Waals surface area contributed by atoms with Crippen LogP contribution in [-0.4, -0.2) is 11.1 Å². The molecule has 0 amide bonds. The fourth-order valence-corrected chi connectivity index (χ4v) is 1.12. The molecular weight excluding hydrogens is 152 g/mol. The Morgan fingerprint density at radius 3 is 2.75 bits per heavy atom. The van der Waals surface area contributed by atoms with Gasteiger partial charge < -0.3 is 16.6 Å². The summed E-state index contributed by atoms with van der Waals surface area (Å²) < 4.78 is 0. The second kappa shape index (κ2) is 3.45. The number of rotatable bonds is 2. The van der Waals surface area contributed by atoms with Crippen LogP contribution < -0.4 is 11.5 Å². The molecule has 1 rings (SSSR count). The number of para-hydroxylation sites is 1. The zero-order valence-corrected chi connectivity index (χ0v) is 7.12. The van der Waals surface area contributed by atoms with E-state index in [0.29, 0.717) is 12.1 Å². The zero-order valence-electron chi connectivity index (χ0n) is 7.12. The highest BCUT2D eigenvalue weighted by molar-refractivity contribution is 5.55. The summed E-state index contributed by atoms with van der Waals surface area (Å²) in [5, 5.41) is 9.47. The first-order valence-electron chi connectivity index (χ1n) is 3.93. The second-order valence-electron chi connectivity index (χ2n) is 3.04. The van der Waals surface area contributed by atoms with Gasteiger partial charge in [0.1, 0.15) is 5.75 Å². The third-order valence-corrected chi connectivity index (χ3v) is 1.69. The van der Waals surface area contributed by atoms with Gasteiger partial charge in [-0.3, -0.25) is 0 Å². The van der Waals surface area contributed by atoms with E-state index in [9.17, 15) is 5.11 Å². The number of anilines is 1. The Bertz CT molecular complexity index is 271. The first-order valence-corrected chi connectivity index (χ1v) is 3.93. The van der Waals surface area contributed by atoms with E-state index >= 15 is 0 Å². The maximum absolute atomic E-state index is 9.47. The van der Waals surface area contributed by atoms with E-state index in [1.54, 1.807) is 6.07 Å². The predicted octanol–water partition coefficient (Wildman–Crippen LogP) is 0.864. The first-order chi connectivity index (χ1) is 5.61. The molecule has 0 aromatic heterocycles. The summed E-state index contributed by atoms with van der Waals surface area (Å²) in [4.78, 5) is 0. The van der Waals surface area contributed by atoms with Crippen LogP contribution in [0.4, 0.5) is 5.69 Å². The normalized spacial score (nSPS) is 12.8. The molecule has 0 heterocycles. The van der Waals surface area contributed by atoms with E-state index in [0.717, 1.165) is 5.56 Å². The van der Waals surface area contributed by atoms with E-state index in [1.807, 2.05) is 19.1 Å². The van der Waals surface area contributed by atoms with Crippen molar-refractivity contribution in [2.24, 2.45) is 5.73 Å². The number of nitrogen functional groups attached to an aromatic ring is 1. The summed E-state index contributed by atoms with van der Waals surface area (Å²) in [6.07, 6.45) is 0.650. The van der Waals surface area contributed by atoms with Gasteiger partial charge in [0, 0.05) is 6.04 Å². The summed E-state index contributed by atoms with van der Waals surface area (Å²) in [7, 11) is 0. The lowest BCUT2D eigenvalue weighted by atomic mass is 10.1. The standard InChI is InChI=1S/C9H14N2O/c1-6(10)5-7-3-2-4-8(11)9(7)12/h2-4,6,12H,5,10-11H2,1H3/t6-/m1/s1. The van der Waals surface area contributed by atoms with Crippen molar-refractivity contribution in [3.8, 4) is 5.75 Å². The maximum atomic E-state index is 9.47. The summed E-state index contributed by atoms with van der Waals surface area (Å²) in [5.74, 6) is 0.162. The lowest BCUT2D eigenvalue weighted by Gasteiger charge is -2.08. The van der Waals surface area contributed by atoms with Gasteiger partial charge in [-0.2, -0.15) is 0 Å². The van der Waals surface area contributed by atoms with E-state index in [4.69, 9.17) is 11.5 Å². The molecule has 0 radical (unpaired) electrons. The highest BCUT2D eigenvalue weighted by Crippen LogP contribution is 2.24. The Hall–Kier alpha value is -1.22. The van der Waals surface area contributed by atoms with Gasteiger partial charge in [0.25, 0.3) is 0 Å². The minimum absolute atomic E-state index is 0.0395. The van der Waals surface area contributed by atoms with Crippen LogP contribution >= 0.6 is 0 Å². The van der Waals surface area contributed by atoms with Crippen molar-refractivity contribution >= 4 is 5.69 Å². The maximum Gasteiger partial charge on any atom is 0.141 e. The average Bonchev–Trinajstić information content (AvgIpc) is 1.98. The molecule has 0 bridgehead atoms. The first kappa shape index (κ1) is 8.87. The average molecular weight is 166 g/mol. The quantitative estimate of drug-likeness (QED) is 0.451. The molecule has 66 valence electrons. The van der Waals surface area contributed by atoms with Crippen LogP contribution in [0.15, 0.2) is 18.2 Å². The van der Waals surface area contributed by atoms with Crippen molar-refractivity contribution in [3.63, 3.8) is 0 Å². The topological polar surface area (TPSA) is 72.3 Å². The molecular formula is C9H14N2O. The van der Waals surface area contributed by atoms with Gasteiger partial charge in [-0.1, -0.05) is 12.1 Å². The van der Waals surface area contributed by atoms with E-state index in [1.165, 1.54) is 0 Å². The fraction of sp³-hybridized carbons (Fsp3) is 0.333. The number of hydrogen-bond donors (Lipinski definition) is 3. The lowest BCUT2D eigenvalue weighted by molar-refractivity contribution is 0.468. The van der Waals surface area contributed by atoms with Crippen molar-refractivity contribution in [2.45, 2.75) is 19.4 Å². The number of nitrogens with two attached hydrogens (primary N) is 2. The van der Waals surface area contributed by atoms with E-state index < -0.39 is 0 Å². The van der Waals surface area contributed by atoms with E-state index in [-0.39, 0.29) is 11.8 Å². The SMILES string of the molecule is C[C@@H](N)Cc1cccc(N)c1O. The Kier molecular flexibility index (Phi) is 2.55. The molecule has 1 atom stereocenters. The van der Waals surface area contributed by atoms with Crippen molar-refractivity contribution in [1.29, 1.82) is 0 Å². The molecule has 0 fully saturated rings. The number of benzene rings is 1. The van der Waals surface area contributed by atoms with Crippen LogP contribution in [0.5, 0.6) is 5.75 Å². The molecule has 0 aliphatic heterocycles. The molecule has 1 aromatic carbocycles. The van der Waals surface area contributed by atoms with Gasteiger partial charge >= 0.3 is 0 Å². The number of phenols is 1. The van der Waals surface area contributed by atoms with Crippen molar-refractivity contribution in [3.05, 3.63) is 23.8 Å². The molecule has 5 N–H and O–H groups in total. The molecule has 0 spiro atoms. The van der Waals surface area contributed by atoms with Crippen LogP contribution in [0.2, 0.25) is 0 Å². The van der Waals surface area contributed by atoms with Gasteiger partial charge in [0.05, 0.1) is 5.69 Å². The van der Waals surface area contributed by atoms with Crippen LogP contribution in [0.25, 0.3) is 0 Å². The number of aromatic hydroxyl groups is 1. The number of hydrogen-bond acceptors (Lipinski definition) is 3. The van der Waals surface area contributed by atoms with Gasteiger partial charge in [0.15, 0.2) is 0 Å². The Morgan fingerprint density at radius 1 is 1.50 bits per heavy atom. The molecule has 0 aliphatic rings. The fourth-order valence-electron chi connectivity index (χ4n) is 1.12. The monoisotopic (exact) mass is 166 g/mol. The zero-order chi connectivity index (χ0) is 9.14. The molecule has 1 aromatic rings. The third-order valence-electron chi connectivity index (χ3n) is 1.69. The molecule has 12 heavy (non-hydrogen) atoms. The molecule has 3 nitrogen and oxygen atoms in total. The number of phenolic OH excluding ortho intramolecular Hbond substituents is 1. The third kappa shape index (κ3) is 1.89. The summed E-state index contributed by atoms with van der Waals surface area (Å²) in [6, 6.07) is 5.35. The Morgan fingerprint density at radius 2 is 2.17 bits per heavy atom. The van der Waals surface area contributed by atoms with Crippen molar-refractivity contribution in [2.75, 3.05) is 5.73 Å². The van der Waals surface area contributed by atoms with E-state index in [2.05, 4.69) is 0 Å². The highest BCUT2D eigenvalue weighted by atomic mass is 16.3. The van der Waals surface area contributed by atoms with Crippen molar-refractivity contribution < 1.29 is 5.11 Å². The largest absolute Gasteiger partial charge is 0.506 e. The molecule has 0 aliphatic carbocycles. The van der Waals surface area contributed by atoms with Crippen molar-refractivity contribution in [1.82, 2.24) is 0 Å². The minimum atomic E-state index is 0.0395. The van der Waals surface area contributed by atoms with Gasteiger partial charge in [-0.05, 0) is 25.0 Å². The summed E-state index contributed by atoms with van der Waals surface area (Å²) in [5.41, 5.74) is 12.3. The molecule has 0 saturated heterocycles. The Balaban J connectivity index is 2.92. The second-order valence-corrected chi connectivity index (χ2v) is 3.04. The van der Waals surface area contributed by atoms with Crippen LogP contribution in [0.1, 0.15) is 12.5 Å². The smallest absolute Gasteiger partial charge is 0.141 e. The molecule has 0 unspecified atom stereocenters. The molecule has 3 heteroatoms. The Labute approximate surface area is 72.0 Å². The summed E-state index contributed by atoms with van der Waals surface area (Å²) >= 11 is 0. The molecule has 0 saturated carbocycles. The predicted molar refractivity (Wildman–Crippen MR) is 49.9 cm³/mol. The summed E-state index contributed by atoms with van der Waals surface area (Å²) in [6.45, 7) is 1.89.